The predicted octanol–water partition coefficient (Wildman–Crippen LogP) is 2.31. The van der Waals surface area contributed by atoms with Gasteiger partial charge in [0.25, 0.3) is 0 Å². The first kappa shape index (κ1) is 16.8. The quantitative estimate of drug-likeness (QED) is 0.814. The first-order valence-electron chi connectivity index (χ1n) is 7.45. The van der Waals surface area contributed by atoms with Crippen LogP contribution in [0.1, 0.15) is 25.8 Å². The van der Waals surface area contributed by atoms with Crippen LogP contribution in [0.3, 0.4) is 0 Å². The molecule has 1 aliphatic heterocycles. The molecule has 21 heavy (non-hydrogen) atoms. The van der Waals surface area contributed by atoms with Gasteiger partial charge in [0.05, 0.1) is 4.90 Å². The van der Waals surface area contributed by atoms with Crippen molar-refractivity contribution in [3.8, 4) is 0 Å². The van der Waals surface area contributed by atoms with Crippen molar-refractivity contribution in [1.82, 2.24) is 9.62 Å². The smallest absolute Gasteiger partial charge is 0.243 e. The van der Waals surface area contributed by atoms with Crippen molar-refractivity contribution in [2.45, 2.75) is 37.8 Å². The van der Waals surface area contributed by atoms with Gasteiger partial charge in [0.15, 0.2) is 0 Å². The third-order valence-corrected chi connectivity index (χ3v) is 6.77. The Morgan fingerprint density at radius 1 is 1.43 bits per heavy atom. The van der Waals surface area contributed by atoms with Gasteiger partial charge in [0, 0.05) is 30.6 Å². The molecule has 1 unspecified atom stereocenters. The lowest BCUT2D eigenvalue weighted by atomic mass is 10.2. The number of hydrogen-bond donors (Lipinski definition) is 1. The zero-order valence-corrected chi connectivity index (χ0v) is 14.3. The van der Waals surface area contributed by atoms with E-state index in [0.29, 0.717) is 18.0 Å². The summed E-state index contributed by atoms with van der Waals surface area (Å²) in [6.45, 7) is 6.35. The molecular formula is C15H24N2O2S2. The van der Waals surface area contributed by atoms with Crippen molar-refractivity contribution >= 4 is 21.8 Å². The Morgan fingerprint density at radius 2 is 2.24 bits per heavy atom. The van der Waals surface area contributed by atoms with E-state index in [4.69, 9.17) is 0 Å². The molecule has 1 aromatic rings. The molecule has 1 fully saturated rings. The first-order chi connectivity index (χ1) is 10.1. The van der Waals surface area contributed by atoms with Gasteiger partial charge in [-0.15, -0.1) is 0 Å². The molecule has 1 N–H and O–H groups in total. The van der Waals surface area contributed by atoms with E-state index < -0.39 is 10.0 Å². The van der Waals surface area contributed by atoms with Crippen molar-refractivity contribution in [2.75, 3.05) is 24.6 Å². The monoisotopic (exact) mass is 328 g/mol. The highest BCUT2D eigenvalue weighted by molar-refractivity contribution is 7.99. The maximum absolute atomic E-state index is 12.8. The zero-order chi connectivity index (χ0) is 15.3. The molecule has 0 bridgehead atoms. The van der Waals surface area contributed by atoms with E-state index in [1.807, 2.05) is 30.8 Å². The summed E-state index contributed by atoms with van der Waals surface area (Å²) in [6.07, 6.45) is 1.07. The van der Waals surface area contributed by atoms with E-state index in [9.17, 15) is 8.42 Å². The van der Waals surface area contributed by atoms with Gasteiger partial charge in [-0.1, -0.05) is 19.1 Å². The molecule has 0 saturated carbocycles. The Hall–Kier alpha value is -0.560. The molecule has 1 aromatic carbocycles. The molecule has 1 aliphatic rings. The number of hydrogen-bond acceptors (Lipinski definition) is 4. The number of thioether (sulfide) groups is 1. The van der Waals surface area contributed by atoms with E-state index in [2.05, 4.69) is 12.2 Å². The van der Waals surface area contributed by atoms with Gasteiger partial charge < -0.3 is 5.32 Å². The normalized spacial score (nSPS) is 20.6. The largest absolute Gasteiger partial charge is 0.313 e. The lowest BCUT2D eigenvalue weighted by Gasteiger charge is -2.32. The zero-order valence-electron chi connectivity index (χ0n) is 12.7. The summed E-state index contributed by atoms with van der Waals surface area (Å²) in [5.41, 5.74) is 1.02. The van der Waals surface area contributed by atoms with Crippen LogP contribution in [-0.4, -0.2) is 43.4 Å². The lowest BCUT2D eigenvalue weighted by Crippen LogP contribution is -2.44. The minimum Gasteiger partial charge on any atom is -0.313 e. The highest BCUT2D eigenvalue weighted by Crippen LogP contribution is 2.24. The maximum Gasteiger partial charge on any atom is 0.243 e. The van der Waals surface area contributed by atoms with Crippen molar-refractivity contribution < 1.29 is 8.42 Å². The molecule has 1 heterocycles. The molecule has 0 amide bonds. The van der Waals surface area contributed by atoms with Crippen molar-refractivity contribution in [1.29, 1.82) is 0 Å². The van der Waals surface area contributed by atoms with Crippen LogP contribution in [0.5, 0.6) is 0 Å². The summed E-state index contributed by atoms with van der Waals surface area (Å²) in [7, 11) is -3.37. The average Bonchev–Trinajstić information content (AvgIpc) is 2.48. The maximum atomic E-state index is 12.8. The molecule has 0 aliphatic carbocycles. The Kier molecular flexibility index (Phi) is 6.10. The van der Waals surface area contributed by atoms with E-state index in [1.165, 1.54) is 0 Å². The molecular weight excluding hydrogens is 304 g/mol. The molecule has 1 atom stereocenters. The fraction of sp³-hybridized carbons (Fsp3) is 0.600. The Morgan fingerprint density at radius 3 is 2.95 bits per heavy atom. The highest BCUT2D eigenvalue weighted by atomic mass is 32.2. The second-order valence-corrected chi connectivity index (χ2v) is 8.40. The summed E-state index contributed by atoms with van der Waals surface area (Å²) in [5, 5.41) is 3.31. The highest BCUT2D eigenvalue weighted by Gasteiger charge is 2.31. The van der Waals surface area contributed by atoms with Crippen LogP contribution in [-0.2, 0) is 16.6 Å². The van der Waals surface area contributed by atoms with Gasteiger partial charge in [-0.3, -0.25) is 0 Å². The number of rotatable bonds is 6. The van der Waals surface area contributed by atoms with Crippen molar-refractivity contribution in [2.24, 2.45) is 0 Å². The number of benzene rings is 1. The summed E-state index contributed by atoms with van der Waals surface area (Å²) in [5.74, 6) is 1.75. The van der Waals surface area contributed by atoms with Gasteiger partial charge >= 0.3 is 0 Å². The van der Waals surface area contributed by atoms with Crippen LogP contribution in [0.2, 0.25) is 0 Å². The van der Waals surface area contributed by atoms with Gasteiger partial charge in [0.2, 0.25) is 10.0 Å². The molecule has 0 aromatic heterocycles. The molecule has 6 heteroatoms. The first-order valence-corrected chi connectivity index (χ1v) is 10.0. The van der Waals surface area contributed by atoms with Crippen LogP contribution >= 0.6 is 11.8 Å². The van der Waals surface area contributed by atoms with Crippen molar-refractivity contribution in [3.05, 3.63) is 29.8 Å². The van der Waals surface area contributed by atoms with Gasteiger partial charge in [-0.25, -0.2) is 8.42 Å². The third kappa shape index (κ3) is 4.22. The molecule has 2 rings (SSSR count). The topological polar surface area (TPSA) is 49.4 Å². The summed E-state index contributed by atoms with van der Waals surface area (Å²) in [6, 6.07) is 7.37. The fourth-order valence-corrected chi connectivity index (χ4v) is 5.35. The fourth-order valence-electron chi connectivity index (χ4n) is 2.43. The van der Waals surface area contributed by atoms with E-state index in [-0.39, 0.29) is 6.04 Å². The van der Waals surface area contributed by atoms with Crippen LogP contribution < -0.4 is 5.32 Å². The molecule has 0 radical (unpaired) electrons. The summed E-state index contributed by atoms with van der Waals surface area (Å²) >= 11 is 1.82. The average molecular weight is 329 g/mol. The van der Waals surface area contributed by atoms with Crippen LogP contribution in [0.25, 0.3) is 0 Å². The van der Waals surface area contributed by atoms with E-state index in [0.717, 1.165) is 30.0 Å². The van der Waals surface area contributed by atoms with Gasteiger partial charge in [-0.05, 0) is 37.6 Å². The Bertz CT molecular complexity index is 561. The minimum absolute atomic E-state index is 0.0654. The van der Waals surface area contributed by atoms with Gasteiger partial charge in [0.1, 0.15) is 0 Å². The second kappa shape index (κ2) is 7.63. The predicted molar refractivity (Wildman–Crippen MR) is 89.1 cm³/mol. The Labute approximate surface area is 132 Å². The summed E-state index contributed by atoms with van der Waals surface area (Å²) in [4.78, 5) is 0.414. The second-order valence-electron chi connectivity index (χ2n) is 5.36. The van der Waals surface area contributed by atoms with Crippen LogP contribution in [0.15, 0.2) is 29.2 Å². The SMILES string of the molecule is CCCNCc1cccc(S(=O)(=O)N2CCSCC2C)c1. The lowest BCUT2D eigenvalue weighted by molar-refractivity contribution is 0.367. The molecule has 0 spiro atoms. The van der Waals surface area contributed by atoms with Crippen molar-refractivity contribution in [3.63, 3.8) is 0 Å². The number of nitrogens with one attached hydrogen (secondary N) is 1. The van der Waals surface area contributed by atoms with Crippen LogP contribution in [0, 0.1) is 0 Å². The van der Waals surface area contributed by atoms with Gasteiger partial charge in [-0.2, -0.15) is 16.1 Å². The summed E-state index contributed by atoms with van der Waals surface area (Å²) < 4.78 is 27.2. The molecule has 4 nitrogen and oxygen atoms in total. The van der Waals surface area contributed by atoms with Crippen LogP contribution in [0.4, 0.5) is 0 Å². The van der Waals surface area contributed by atoms with E-state index in [1.54, 1.807) is 16.4 Å². The Balaban J connectivity index is 2.17. The number of nitrogens with zero attached hydrogens (tertiary/aromatic N) is 1. The third-order valence-electron chi connectivity index (χ3n) is 3.57. The minimum atomic E-state index is -3.37. The molecule has 1 saturated heterocycles. The standard InChI is InChI=1S/C15H24N2O2S2/c1-3-7-16-11-14-5-4-6-15(10-14)21(18,19)17-8-9-20-12-13(17)2/h4-6,10,13,16H,3,7-9,11-12H2,1-2H3. The molecule has 118 valence electrons. The van der Waals surface area contributed by atoms with E-state index >= 15 is 0 Å². The number of sulfonamides is 1.